The minimum absolute atomic E-state index is 0.0757. The van der Waals surface area contributed by atoms with Gasteiger partial charge in [-0.3, -0.25) is 4.79 Å². The van der Waals surface area contributed by atoms with Gasteiger partial charge in [0.25, 0.3) is 0 Å². The zero-order valence-corrected chi connectivity index (χ0v) is 10.1. The maximum Gasteiger partial charge on any atom is 0.233 e. The van der Waals surface area contributed by atoms with E-state index in [0.717, 1.165) is 18.0 Å². The van der Waals surface area contributed by atoms with Crippen LogP contribution in [0.1, 0.15) is 19.8 Å². The molecule has 0 aromatic rings. The summed E-state index contributed by atoms with van der Waals surface area (Å²) in [6.07, 6.45) is 2.53. The Balaban J connectivity index is 1.82. The molecular weight excluding hydrogens is 204 g/mol. The first-order valence-electron chi connectivity index (χ1n) is 5.88. The summed E-state index contributed by atoms with van der Waals surface area (Å²) < 4.78 is 5.29. The van der Waals surface area contributed by atoms with Crippen molar-refractivity contribution in [2.75, 3.05) is 32.8 Å². The normalized spacial score (nSPS) is 14.8. The van der Waals surface area contributed by atoms with E-state index in [-0.39, 0.29) is 5.91 Å². The second kappa shape index (κ2) is 7.41. The van der Waals surface area contributed by atoms with Crippen molar-refractivity contribution in [3.63, 3.8) is 0 Å². The summed E-state index contributed by atoms with van der Waals surface area (Å²) in [5.74, 6) is 0.814. The highest BCUT2D eigenvalue weighted by Crippen LogP contribution is 2.27. The fourth-order valence-corrected chi connectivity index (χ4v) is 1.24. The van der Waals surface area contributed by atoms with Gasteiger partial charge in [0.05, 0.1) is 19.8 Å². The molecule has 0 saturated heterocycles. The van der Waals surface area contributed by atoms with Crippen LogP contribution in [0, 0.1) is 5.92 Å². The zero-order chi connectivity index (χ0) is 11.8. The molecule has 0 bridgehead atoms. The van der Waals surface area contributed by atoms with E-state index in [4.69, 9.17) is 4.74 Å². The molecule has 4 nitrogen and oxygen atoms in total. The number of nitrogens with one attached hydrogen (secondary N) is 2. The van der Waals surface area contributed by atoms with Gasteiger partial charge in [0.15, 0.2) is 0 Å². The molecule has 92 valence electrons. The highest BCUT2D eigenvalue weighted by Gasteiger charge is 2.21. The van der Waals surface area contributed by atoms with Gasteiger partial charge in [0.2, 0.25) is 5.91 Å². The third-order valence-corrected chi connectivity index (χ3v) is 2.34. The van der Waals surface area contributed by atoms with E-state index in [2.05, 4.69) is 17.2 Å². The number of amides is 1. The van der Waals surface area contributed by atoms with Gasteiger partial charge < -0.3 is 15.4 Å². The Hall–Kier alpha value is -0.870. The van der Waals surface area contributed by atoms with E-state index in [1.54, 1.807) is 0 Å². The van der Waals surface area contributed by atoms with Crippen molar-refractivity contribution in [3.05, 3.63) is 12.2 Å². The minimum atomic E-state index is 0.0757. The van der Waals surface area contributed by atoms with Gasteiger partial charge in [-0.1, -0.05) is 12.2 Å². The Morgan fingerprint density at radius 2 is 2.25 bits per heavy atom. The van der Waals surface area contributed by atoms with Gasteiger partial charge in [0, 0.05) is 13.1 Å². The number of carbonyl (C=O) groups excluding carboxylic acids is 1. The van der Waals surface area contributed by atoms with Crippen LogP contribution in [-0.4, -0.2) is 38.8 Å². The van der Waals surface area contributed by atoms with Crippen LogP contribution < -0.4 is 10.6 Å². The summed E-state index contributed by atoms with van der Waals surface area (Å²) in [5, 5.41) is 5.93. The molecule has 1 saturated carbocycles. The van der Waals surface area contributed by atoms with E-state index < -0.39 is 0 Å². The van der Waals surface area contributed by atoms with Gasteiger partial charge in [-0.2, -0.15) is 0 Å². The van der Waals surface area contributed by atoms with Crippen LogP contribution in [0.2, 0.25) is 0 Å². The van der Waals surface area contributed by atoms with Gasteiger partial charge in [-0.25, -0.2) is 0 Å². The molecule has 0 heterocycles. The first-order valence-corrected chi connectivity index (χ1v) is 5.88. The predicted octanol–water partition coefficient (Wildman–Crippen LogP) is 0.695. The number of ether oxygens (including phenoxy) is 1. The molecule has 16 heavy (non-hydrogen) atoms. The first kappa shape index (κ1) is 13.2. The Labute approximate surface area is 97.4 Å². The van der Waals surface area contributed by atoms with Crippen molar-refractivity contribution in [1.82, 2.24) is 10.6 Å². The standard InChI is InChI=1S/C12H22N2O2/c1-10(2)9-16-6-5-13-8-12(15)14-7-11-3-4-11/h11,13H,1,3-9H2,2H3,(H,14,15). The Morgan fingerprint density at radius 3 is 2.88 bits per heavy atom. The molecule has 0 aromatic carbocycles. The SMILES string of the molecule is C=C(C)COCCNCC(=O)NCC1CC1. The fourth-order valence-electron chi connectivity index (χ4n) is 1.24. The van der Waals surface area contributed by atoms with E-state index in [1.807, 2.05) is 6.92 Å². The van der Waals surface area contributed by atoms with Crippen molar-refractivity contribution in [3.8, 4) is 0 Å². The lowest BCUT2D eigenvalue weighted by atomic mass is 10.4. The zero-order valence-electron chi connectivity index (χ0n) is 10.1. The molecule has 1 rings (SSSR count). The van der Waals surface area contributed by atoms with Crippen LogP contribution >= 0.6 is 0 Å². The average Bonchev–Trinajstić information content (AvgIpc) is 3.03. The van der Waals surface area contributed by atoms with Crippen LogP contribution in [-0.2, 0) is 9.53 Å². The lowest BCUT2D eigenvalue weighted by Crippen LogP contribution is -2.36. The van der Waals surface area contributed by atoms with Crippen molar-refractivity contribution >= 4 is 5.91 Å². The quantitative estimate of drug-likeness (QED) is 0.449. The lowest BCUT2D eigenvalue weighted by Gasteiger charge is -2.06. The molecule has 1 aliphatic rings. The molecule has 0 spiro atoms. The predicted molar refractivity (Wildman–Crippen MR) is 64.2 cm³/mol. The van der Waals surface area contributed by atoms with Gasteiger partial charge in [-0.15, -0.1) is 0 Å². The van der Waals surface area contributed by atoms with E-state index >= 15 is 0 Å². The summed E-state index contributed by atoms with van der Waals surface area (Å²) in [7, 11) is 0. The van der Waals surface area contributed by atoms with Crippen LogP contribution in [0.25, 0.3) is 0 Å². The van der Waals surface area contributed by atoms with Crippen molar-refractivity contribution in [1.29, 1.82) is 0 Å². The van der Waals surface area contributed by atoms with Crippen LogP contribution in [0.5, 0.6) is 0 Å². The van der Waals surface area contributed by atoms with Crippen molar-refractivity contribution < 1.29 is 9.53 Å². The summed E-state index contributed by atoms with van der Waals surface area (Å²) in [6.45, 7) is 8.79. The molecule has 1 fully saturated rings. The highest BCUT2D eigenvalue weighted by molar-refractivity contribution is 5.77. The third kappa shape index (κ3) is 7.43. The number of hydrogen-bond acceptors (Lipinski definition) is 3. The second-order valence-corrected chi connectivity index (χ2v) is 4.43. The monoisotopic (exact) mass is 226 g/mol. The third-order valence-electron chi connectivity index (χ3n) is 2.34. The molecule has 2 N–H and O–H groups in total. The van der Waals surface area contributed by atoms with Gasteiger partial charge in [0.1, 0.15) is 0 Å². The van der Waals surface area contributed by atoms with E-state index in [0.29, 0.717) is 26.3 Å². The molecule has 0 atom stereocenters. The lowest BCUT2D eigenvalue weighted by molar-refractivity contribution is -0.120. The number of rotatable bonds is 9. The van der Waals surface area contributed by atoms with E-state index in [1.165, 1.54) is 12.8 Å². The molecule has 0 unspecified atom stereocenters. The second-order valence-electron chi connectivity index (χ2n) is 4.43. The van der Waals surface area contributed by atoms with Crippen LogP contribution in [0.4, 0.5) is 0 Å². The molecule has 0 radical (unpaired) electrons. The Kier molecular flexibility index (Phi) is 6.11. The smallest absolute Gasteiger partial charge is 0.233 e. The average molecular weight is 226 g/mol. The summed E-state index contributed by atoms with van der Waals surface area (Å²) in [4.78, 5) is 11.3. The van der Waals surface area contributed by atoms with Gasteiger partial charge >= 0.3 is 0 Å². The molecular formula is C12H22N2O2. The van der Waals surface area contributed by atoms with Crippen LogP contribution in [0.3, 0.4) is 0 Å². The Morgan fingerprint density at radius 1 is 1.50 bits per heavy atom. The summed E-state index contributed by atoms with van der Waals surface area (Å²) >= 11 is 0. The van der Waals surface area contributed by atoms with Gasteiger partial charge in [-0.05, 0) is 25.7 Å². The number of hydrogen-bond donors (Lipinski definition) is 2. The topological polar surface area (TPSA) is 50.4 Å². The molecule has 0 aliphatic heterocycles. The maximum absolute atomic E-state index is 11.3. The molecule has 1 aliphatic carbocycles. The van der Waals surface area contributed by atoms with Crippen LogP contribution in [0.15, 0.2) is 12.2 Å². The summed E-state index contributed by atoms with van der Waals surface area (Å²) in [6, 6.07) is 0. The van der Waals surface area contributed by atoms with Crippen molar-refractivity contribution in [2.24, 2.45) is 5.92 Å². The number of carbonyl (C=O) groups is 1. The minimum Gasteiger partial charge on any atom is -0.376 e. The fraction of sp³-hybridized carbons (Fsp3) is 0.750. The first-order chi connectivity index (χ1) is 7.68. The molecule has 4 heteroatoms. The largest absolute Gasteiger partial charge is 0.376 e. The maximum atomic E-state index is 11.3. The van der Waals surface area contributed by atoms with Crippen molar-refractivity contribution in [2.45, 2.75) is 19.8 Å². The highest BCUT2D eigenvalue weighted by atomic mass is 16.5. The molecule has 1 amide bonds. The summed E-state index contributed by atoms with van der Waals surface area (Å²) in [5.41, 5.74) is 1.02. The van der Waals surface area contributed by atoms with E-state index in [9.17, 15) is 4.79 Å². The molecule has 0 aromatic heterocycles. The Bertz CT molecular complexity index is 237.